The van der Waals surface area contributed by atoms with Gasteiger partial charge in [0, 0.05) is 21.3 Å². The summed E-state index contributed by atoms with van der Waals surface area (Å²) in [5.74, 6) is -1.16. The second-order valence-corrected chi connectivity index (χ2v) is 11.0. The molecule has 0 unspecified atom stereocenters. The van der Waals surface area contributed by atoms with Crippen LogP contribution >= 0.6 is 11.3 Å². The fraction of sp³-hybridized carbons (Fsp3) is 0.296. The maximum Gasteiger partial charge on any atom is 0.349 e. The number of ether oxygens (including phenoxy) is 1. The third-order valence-corrected chi connectivity index (χ3v) is 7.82. The van der Waals surface area contributed by atoms with Gasteiger partial charge in [0.15, 0.2) is 0 Å². The molecule has 4 aromatic rings. The van der Waals surface area contributed by atoms with E-state index in [2.05, 4.69) is 24.5 Å². The number of rotatable bonds is 3. The van der Waals surface area contributed by atoms with E-state index in [-0.39, 0.29) is 11.1 Å². The van der Waals surface area contributed by atoms with Crippen molar-refractivity contribution in [3.63, 3.8) is 0 Å². The summed E-state index contributed by atoms with van der Waals surface area (Å²) in [6, 6.07) is 12.8. The molecule has 2 N–H and O–H groups in total. The highest BCUT2D eigenvalue weighted by atomic mass is 32.1. The first-order valence-electron chi connectivity index (χ1n) is 11.3. The van der Waals surface area contributed by atoms with E-state index in [9.17, 15) is 14.4 Å². The van der Waals surface area contributed by atoms with Crippen molar-refractivity contribution in [1.82, 2.24) is 5.32 Å². The van der Waals surface area contributed by atoms with Crippen LogP contribution in [0.25, 0.3) is 21.7 Å². The highest BCUT2D eigenvalue weighted by molar-refractivity contribution is 7.17. The Kier molecular flexibility index (Phi) is 5.34. The monoisotopic (exact) mass is 490 g/mol. The van der Waals surface area contributed by atoms with Crippen LogP contribution in [0.15, 0.2) is 51.7 Å². The average Bonchev–Trinajstić information content (AvgIpc) is 3.14. The number of hydrogen-bond donors (Lipinski definition) is 2. The molecule has 180 valence electrons. The summed E-state index contributed by atoms with van der Waals surface area (Å²) in [6.45, 7) is 8.22. The van der Waals surface area contributed by atoms with Gasteiger partial charge in [0.1, 0.15) is 16.1 Å². The summed E-state index contributed by atoms with van der Waals surface area (Å²) in [4.78, 5) is 39.9. The fourth-order valence-electron chi connectivity index (χ4n) is 5.13. The van der Waals surface area contributed by atoms with Gasteiger partial charge in [-0.2, -0.15) is 0 Å². The number of esters is 1. The molecule has 7 nitrogen and oxygen atoms in total. The molecule has 0 aliphatic carbocycles. The van der Waals surface area contributed by atoms with E-state index in [1.54, 1.807) is 12.1 Å². The smallest absolute Gasteiger partial charge is 0.349 e. The number of carbonyl (C=O) groups is 2. The van der Waals surface area contributed by atoms with Crippen molar-refractivity contribution < 1.29 is 18.7 Å². The van der Waals surface area contributed by atoms with Crippen LogP contribution in [0, 0.1) is 0 Å². The van der Waals surface area contributed by atoms with Crippen molar-refractivity contribution >= 4 is 50.0 Å². The summed E-state index contributed by atoms with van der Waals surface area (Å²) < 4.78 is 10.6. The first-order valence-corrected chi connectivity index (χ1v) is 12.1. The van der Waals surface area contributed by atoms with Gasteiger partial charge in [-0.1, -0.05) is 30.3 Å². The van der Waals surface area contributed by atoms with Gasteiger partial charge in [0.05, 0.1) is 12.7 Å². The Bertz CT molecular complexity index is 1580. The lowest BCUT2D eigenvalue weighted by Gasteiger charge is -2.42. The first kappa shape index (κ1) is 23.3. The molecule has 0 bridgehead atoms. The van der Waals surface area contributed by atoms with Crippen molar-refractivity contribution in [2.24, 2.45) is 0 Å². The molecule has 2 aromatic heterocycles. The van der Waals surface area contributed by atoms with Crippen molar-refractivity contribution in [3.05, 3.63) is 74.5 Å². The molecule has 2 aromatic carbocycles. The zero-order valence-electron chi connectivity index (χ0n) is 20.2. The average molecular weight is 491 g/mol. The molecular weight excluding hydrogens is 464 g/mol. The lowest BCUT2D eigenvalue weighted by molar-refractivity contribution is 0.0600. The maximum absolute atomic E-state index is 13.3. The molecule has 1 aliphatic rings. The van der Waals surface area contributed by atoms with Crippen LogP contribution in [0.5, 0.6) is 0 Å². The highest BCUT2D eigenvalue weighted by Crippen LogP contribution is 2.45. The van der Waals surface area contributed by atoms with Gasteiger partial charge in [0.25, 0.3) is 5.91 Å². The van der Waals surface area contributed by atoms with Crippen LogP contribution in [0.2, 0.25) is 0 Å². The van der Waals surface area contributed by atoms with Gasteiger partial charge in [0.2, 0.25) is 0 Å². The lowest BCUT2D eigenvalue weighted by atomic mass is 9.81. The van der Waals surface area contributed by atoms with E-state index in [0.717, 1.165) is 21.2 Å². The number of hydrogen-bond acceptors (Lipinski definition) is 7. The quantitative estimate of drug-likeness (QED) is 0.233. The fourth-order valence-corrected chi connectivity index (χ4v) is 6.39. The van der Waals surface area contributed by atoms with Crippen molar-refractivity contribution in [2.45, 2.75) is 45.2 Å². The van der Waals surface area contributed by atoms with Crippen LogP contribution in [-0.2, 0) is 16.7 Å². The second-order valence-electron chi connectivity index (χ2n) is 10.0. The summed E-state index contributed by atoms with van der Waals surface area (Å²) in [7, 11) is 1.32. The standard InChI is InChI=1S/C27H26N2O5S/c1-26(2)13-18-20(25(32)33-5)23(35-21(18)27(3,4)29-26)28-22(30)17-12-16-15-9-7-6-8-14(15)10-11-19(16)34-24(17)31/h6-12,29H,13H2,1-5H3,(H,28,30). The molecule has 3 heterocycles. The Balaban J connectivity index is 1.62. The Morgan fingerprint density at radius 1 is 1.09 bits per heavy atom. The predicted octanol–water partition coefficient (Wildman–Crippen LogP) is 5.21. The number of carbonyl (C=O) groups excluding carboxylic acids is 2. The lowest BCUT2D eigenvalue weighted by Crippen LogP contribution is -2.55. The van der Waals surface area contributed by atoms with E-state index in [0.29, 0.717) is 28.0 Å². The number of anilines is 1. The first-order chi connectivity index (χ1) is 16.5. The molecule has 5 rings (SSSR count). The third-order valence-electron chi connectivity index (χ3n) is 6.35. The summed E-state index contributed by atoms with van der Waals surface area (Å²) in [5.41, 5.74) is 0.0306. The maximum atomic E-state index is 13.3. The molecular formula is C27H26N2O5S. The highest BCUT2D eigenvalue weighted by Gasteiger charge is 2.42. The molecule has 1 aliphatic heterocycles. The van der Waals surface area contributed by atoms with E-state index < -0.39 is 23.0 Å². The Hall–Kier alpha value is -3.49. The molecule has 0 saturated heterocycles. The summed E-state index contributed by atoms with van der Waals surface area (Å²) in [5, 5.41) is 9.27. The number of thiophene rings is 1. The van der Waals surface area contributed by atoms with E-state index >= 15 is 0 Å². The predicted molar refractivity (Wildman–Crippen MR) is 138 cm³/mol. The molecule has 0 saturated carbocycles. The van der Waals surface area contributed by atoms with E-state index in [1.165, 1.54) is 18.4 Å². The minimum atomic E-state index is -0.741. The van der Waals surface area contributed by atoms with Crippen LogP contribution in [0.4, 0.5) is 5.00 Å². The molecule has 0 radical (unpaired) electrons. The number of amides is 1. The molecule has 35 heavy (non-hydrogen) atoms. The number of fused-ring (bicyclic) bond motifs is 4. The van der Waals surface area contributed by atoms with Crippen LogP contribution in [-0.4, -0.2) is 24.5 Å². The van der Waals surface area contributed by atoms with Crippen LogP contribution in [0.3, 0.4) is 0 Å². The number of nitrogens with one attached hydrogen (secondary N) is 2. The normalized spacial score (nSPS) is 16.1. The second kappa shape index (κ2) is 8.03. The molecule has 0 spiro atoms. The van der Waals surface area contributed by atoms with Crippen molar-refractivity contribution in [3.8, 4) is 0 Å². The van der Waals surface area contributed by atoms with Crippen molar-refractivity contribution in [2.75, 3.05) is 12.4 Å². The van der Waals surface area contributed by atoms with Gasteiger partial charge < -0.3 is 19.8 Å². The minimum Gasteiger partial charge on any atom is -0.465 e. The van der Waals surface area contributed by atoms with Gasteiger partial charge >= 0.3 is 11.6 Å². The minimum absolute atomic E-state index is 0.131. The van der Waals surface area contributed by atoms with Gasteiger partial charge in [-0.25, -0.2) is 9.59 Å². The zero-order valence-corrected chi connectivity index (χ0v) is 21.0. The van der Waals surface area contributed by atoms with Gasteiger partial charge in [-0.15, -0.1) is 11.3 Å². The Morgan fingerprint density at radius 2 is 1.83 bits per heavy atom. The van der Waals surface area contributed by atoms with Gasteiger partial charge in [-0.3, -0.25) is 4.79 Å². The molecule has 0 fully saturated rings. The Morgan fingerprint density at radius 3 is 2.57 bits per heavy atom. The Labute approximate surface area is 206 Å². The number of methoxy groups -OCH3 is 1. The number of benzene rings is 2. The zero-order chi connectivity index (χ0) is 25.1. The SMILES string of the molecule is COC(=O)c1c(NC(=O)c2cc3c(ccc4ccccc43)oc2=O)sc2c1CC(C)(C)NC2(C)C. The summed E-state index contributed by atoms with van der Waals surface area (Å²) >= 11 is 1.32. The molecule has 8 heteroatoms. The van der Waals surface area contributed by atoms with Crippen LogP contribution in [0.1, 0.15) is 58.9 Å². The summed E-state index contributed by atoms with van der Waals surface area (Å²) in [6.07, 6.45) is 0.590. The topological polar surface area (TPSA) is 97.6 Å². The van der Waals surface area contributed by atoms with Crippen molar-refractivity contribution in [1.29, 1.82) is 0 Å². The van der Waals surface area contributed by atoms with Gasteiger partial charge in [-0.05, 0) is 62.6 Å². The third kappa shape index (κ3) is 3.92. The van der Waals surface area contributed by atoms with E-state index in [4.69, 9.17) is 9.15 Å². The van der Waals surface area contributed by atoms with E-state index in [1.807, 2.05) is 44.2 Å². The molecule has 1 amide bonds. The molecule has 0 atom stereocenters. The largest absolute Gasteiger partial charge is 0.465 e. The van der Waals surface area contributed by atoms with Crippen LogP contribution < -0.4 is 16.3 Å².